The van der Waals surface area contributed by atoms with Crippen LogP contribution >= 0.6 is 11.5 Å². The topological polar surface area (TPSA) is 51.8 Å². The fourth-order valence-corrected chi connectivity index (χ4v) is 0.753. The van der Waals surface area contributed by atoms with E-state index in [1.54, 1.807) is 0 Å². The summed E-state index contributed by atoms with van der Waals surface area (Å²) >= 11 is 1.22. The normalized spacial score (nSPS) is 8.12. The molecule has 1 rings (SSSR count). The predicted molar refractivity (Wildman–Crippen MR) is 37.6 cm³/mol. The molecular weight excluding hydrogens is 317 g/mol. The fourth-order valence-electron chi connectivity index (χ4n) is 0.313. The van der Waals surface area contributed by atoms with Crippen molar-refractivity contribution in [2.75, 3.05) is 5.73 Å². The molecular formula is C3H7N3PbS. The third-order valence-corrected chi connectivity index (χ3v) is 1.18. The molecule has 1 aromatic heterocycles. The van der Waals surface area contributed by atoms with Crippen LogP contribution in [0.2, 0.25) is 0 Å². The first-order valence-electron chi connectivity index (χ1n) is 1.85. The number of rotatable bonds is 0. The predicted octanol–water partition coefficient (Wildman–Crippen LogP) is -0.487. The zero-order valence-corrected chi connectivity index (χ0v) is 10.9. The molecule has 0 aliphatic carbocycles. The molecule has 1 heterocycles. The Hall–Kier alpha value is 0.282. The van der Waals surface area contributed by atoms with Gasteiger partial charge in [0.1, 0.15) is 5.82 Å². The molecule has 2 N–H and O–H groups in total. The van der Waals surface area contributed by atoms with E-state index in [2.05, 4.69) is 9.36 Å². The van der Waals surface area contributed by atoms with E-state index in [0.717, 1.165) is 5.82 Å². The molecule has 0 fully saturated rings. The van der Waals surface area contributed by atoms with Gasteiger partial charge in [-0.15, -0.1) is 0 Å². The van der Waals surface area contributed by atoms with Gasteiger partial charge >= 0.3 is 27.3 Å². The van der Waals surface area contributed by atoms with Crippen LogP contribution < -0.4 is 5.73 Å². The van der Waals surface area contributed by atoms with Gasteiger partial charge in [-0.1, -0.05) is 0 Å². The van der Waals surface area contributed by atoms with Gasteiger partial charge in [0.15, 0.2) is 5.13 Å². The van der Waals surface area contributed by atoms with E-state index in [4.69, 9.17) is 5.73 Å². The maximum absolute atomic E-state index is 5.22. The number of hydrogen-bond donors (Lipinski definition) is 1. The molecule has 0 bridgehead atoms. The summed E-state index contributed by atoms with van der Waals surface area (Å²) in [6.45, 7) is 1.81. The van der Waals surface area contributed by atoms with Gasteiger partial charge in [0.05, 0.1) is 0 Å². The molecule has 44 valence electrons. The van der Waals surface area contributed by atoms with Crippen molar-refractivity contribution in [2.24, 2.45) is 0 Å². The summed E-state index contributed by atoms with van der Waals surface area (Å²) in [6.07, 6.45) is 0. The molecule has 0 spiro atoms. The third-order valence-electron chi connectivity index (χ3n) is 0.543. The van der Waals surface area contributed by atoms with Gasteiger partial charge in [-0.3, -0.25) is 0 Å². The van der Waals surface area contributed by atoms with Gasteiger partial charge < -0.3 is 5.73 Å². The third kappa shape index (κ3) is 2.03. The van der Waals surface area contributed by atoms with Gasteiger partial charge in [0, 0.05) is 11.5 Å². The van der Waals surface area contributed by atoms with Crippen LogP contribution in [0.15, 0.2) is 0 Å². The second-order valence-corrected chi connectivity index (χ2v) is 1.96. The van der Waals surface area contributed by atoms with Crippen LogP contribution in [0.25, 0.3) is 0 Å². The SMILES string of the molecule is Cc1nsc(N)n1.[PbH2]. The Kier molecular flexibility index (Phi) is 3.45. The van der Waals surface area contributed by atoms with Crippen LogP contribution in [-0.2, 0) is 0 Å². The monoisotopic (exact) mass is 325 g/mol. The van der Waals surface area contributed by atoms with Crippen LogP contribution in [0.4, 0.5) is 5.13 Å². The first-order chi connectivity index (χ1) is 3.29. The molecule has 3 nitrogen and oxygen atoms in total. The van der Waals surface area contributed by atoms with E-state index in [0.29, 0.717) is 5.13 Å². The second-order valence-electron chi connectivity index (χ2n) is 1.18. The molecule has 0 saturated carbocycles. The average Bonchev–Trinajstić information content (AvgIpc) is 1.87. The van der Waals surface area contributed by atoms with Crippen molar-refractivity contribution >= 4 is 44.0 Å². The molecule has 0 aromatic carbocycles. The summed E-state index contributed by atoms with van der Waals surface area (Å²) < 4.78 is 3.82. The van der Waals surface area contributed by atoms with E-state index >= 15 is 0 Å². The number of aromatic nitrogens is 2. The Morgan fingerprint density at radius 3 is 2.38 bits per heavy atom. The van der Waals surface area contributed by atoms with Crippen molar-refractivity contribution in [2.45, 2.75) is 6.92 Å². The van der Waals surface area contributed by atoms with E-state index in [1.807, 2.05) is 6.92 Å². The van der Waals surface area contributed by atoms with E-state index < -0.39 is 0 Å². The Morgan fingerprint density at radius 2 is 2.25 bits per heavy atom. The van der Waals surface area contributed by atoms with E-state index in [-0.39, 0.29) is 27.3 Å². The van der Waals surface area contributed by atoms with Crippen LogP contribution in [-0.4, -0.2) is 36.7 Å². The molecule has 0 amide bonds. The summed E-state index contributed by atoms with van der Waals surface area (Å²) in [5.74, 6) is 0.752. The molecule has 2 radical (unpaired) electrons. The number of aryl methyl sites for hydroxylation is 1. The number of anilines is 1. The first kappa shape index (κ1) is 8.28. The summed E-state index contributed by atoms with van der Waals surface area (Å²) in [6, 6.07) is 0. The molecule has 5 heteroatoms. The van der Waals surface area contributed by atoms with Crippen LogP contribution in [0.1, 0.15) is 5.82 Å². The zero-order chi connectivity index (χ0) is 5.28. The van der Waals surface area contributed by atoms with E-state index in [9.17, 15) is 0 Å². The average molecular weight is 324 g/mol. The van der Waals surface area contributed by atoms with Gasteiger partial charge in [-0.25, -0.2) is 4.98 Å². The minimum atomic E-state index is 0. The van der Waals surface area contributed by atoms with Gasteiger partial charge in [-0.05, 0) is 6.92 Å². The summed E-state index contributed by atoms with van der Waals surface area (Å²) in [5.41, 5.74) is 5.22. The van der Waals surface area contributed by atoms with Crippen molar-refractivity contribution in [3.63, 3.8) is 0 Å². The quantitative estimate of drug-likeness (QED) is 0.656. The second kappa shape index (κ2) is 3.34. The molecule has 0 saturated heterocycles. The van der Waals surface area contributed by atoms with Crippen molar-refractivity contribution in [1.82, 2.24) is 9.36 Å². The zero-order valence-electron chi connectivity index (χ0n) is 4.59. The first-order valence-corrected chi connectivity index (χ1v) is 2.62. The van der Waals surface area contributed by atoms with Crippen molar-refractivity contribution in [1.29, 1.82) is 0 Å². The van der Waals surface area contributed by atoms with Crippen molar-refractivity contribution < 1.29 is 0 Å². The number of hydrogen-bond acceptors (Lipinski definition) is 4. The van der Waals surface area contributed by atoms with Gasteiger partial charge in [-0.2, -0.15) is 4.37 Å². The number of nitrogens with two attached hydrogens (primary N) is 1. The van der Waals surface area contributed by atoms with Gasteiger partial charge in [0.25, 0.3) is 0 Å². The summed E-state index contributed by atoms with van der Waals surface area (Å²) in [4.78, 5) is 3.80. The summed E-state index contributed by atoms with van der Waals surface area (Å²) in [5, 5.41) is 0.539. The Labute approximate surface area is 71.6 Å². The summed E-state index contributed by atoms with van der Waals surface area (Å²) in [7, 11) is 0. The van der Waals surface area contributed by atoms with E-state index in [1.165, 1.54) is 11.5 Å². The standard InChI is InChI=1S/C3H5N3S.Pb.2H/c1-2-5-3(4)7-6-2;;;/h1H3,(H2,4,5,6);;;. The van der Waals surface area contributed by atoms with Crippen molar-refractivity contribution in [3.05, 3.63) is 5.82 Å². The number of nitrogens with zero attached hydrogens (tertiary/aromatic N) is 2. The molecule has 8 heavy (non-hydrogen) atoms. The maximum atomic E-state index is 5.22. The van der Waals surface area contributed by atoms with Crippen molar-refractivity contribution in [3.8, 4) is 0 Å². The Balaban J connectivity index is 0.000000490. The molecule has 0 unspecified atom stereocenters. The van der Waals surface area contributed by atoms with Gasteiger partial charge in [0.2, 0.25) is 0 Å². The molecule has 0 atom stereocenters. The molecule has 1 aromatic rings. The van der Waals surface area contributed by atoms with Crippen LogP contribution in [0, 0.1) is 6.92 Å². The molecule has 0 aliphatic heterocycles. The molecule has 0 aliphatic rings. The fraction of sp³-hybridized carbons (Fsp3) is 0.333. The number of nitrogen functional groups attached to an aromatic ring is 1. The minimum absolute atomic E-state index is 0. The Morgan fingerprint density at radius 1 is 1.62 bits per heavy atom. The Bertz CT molecular complexity index is 147. The van der Waals surface area contributed by atoms with Crippen LogP contribution in [0.5, 0.6) is 0 Å². The van der Waals surface area contributed by atoms with Crippen LogP contribution in [0.3, 0.4) is 0 Å².